The van der Waals surface area contributed by atoms with Crippen molar-refractivity contribution < 1.29 is 18.3 Å². The number of nitrogens with one attached hydrogen (secondary N) is 1. The van der Waals surface area contributed by atoms with E-state index in [0.717, 1.165) is 6.26 Å². The summed E-state index contributed by atoms with van der Waals surface area (Å²) in [5, 5.41) is 8.43. The zero-order valence-electron chi connectivity index (χ0n) is 9.92. The second-order valence-electron chi connectivity index (χ2n) is 3.97. The van der Waals surface area contributed by atoms with E-state index in [-0.39, 0.29) is 5.56 Å². The predicted molar refractivity (Wildman–Crippen MR) is 69.1 cm³/mol. The number of benzene rings is 1. The van der Waals surface area contributed by atoms with Gasteiger partial charge < -0.3 is 5.11 Å². The van der Waals surface area contributed by atoms with Crippen LogP contribution in [-0.4, -0.2) is 31.1 Å². The largest absolute Gasteiger partial charge is 0.480 e. The van der Waals surface area contributed by atoms with E-state index >= 15 is 0 Å². The predicted octanol–water partition coefficient (Wildman–Crippen LogP) is 1.14. The number of alkyl halides is 1. The van der Waals surface area contributed by atoms with Crippen molar-refractivity contribution in [1.29, 1.82) is 0 Å². The number of carboxylic acid groups (broad SMARTS) is 1. The molecule has 1 aromatic rings. The summed E-state index contributed by atoms with van der Waals surface area (Å²) in [5.74, 6) is -1.35. The first kappa shape index (κ1) is 14.9. The Hall–Kier alpha value is -1.11. The minimum Gasteiger partial charge on any atom is -0.480 e. The summed E-state index contributed by atoms with van der Waals surface area (Å²) in [6.07, 6.45) is 0.896. The Balaban J connectivity index is 3.46. The van der Waals surface area contributed by atoms with Gasteiger partial charge in [0.15, 0.2) is 5.54 Å². The standard InChI is InChI=1S/C11H14ClNO4S/c1-8(12)11(10(14)15,13-18(2,16)17)9-6-4-3-5-7-9/h3-8,13H,1-2H3,(H,14,15). The van der Waals surface area contributed by atoms with Crippen molar-refractivity contribution in [2.24, 2.45) is 0 Å². The van der Waals surface area contributed by atoms with Gasteiger partial charge in [-0.1, -0.05) is 30.3 Å². The van der Waals surface area contributed by atoms with Gasteiger partial charge in [-0.15, -0.1) is 11.6 Å². The first-order valence-corrected chi connectivity index (χ1v) is 7.45. The van der Waals surface area contributed by atoms with Crippen LogP contribution < -0.4 is 4.72 Å². The Morgan fingerprint density at radius 1 is 1.39 bits per heavy atom. The van der Waals surface area contributed by atoms with E-state index in [0.29, 0.717) is 0 Å². The molecule has 18 heavy (non-hydrogen) atoms. The van der Waals surface area contributed by atoms with Crippen molar-refractivity contribution in [3.05, 3.63) is 35.9 Å². The van der Waals surface area contributed by atoms with Crippen molar-refractivity contribution in [2.75, 3.05) is 6.26 Å². The van der Waals surface area contributed by atoms with Crippen molar-refractivity contribution in [1.82, 2.24) is 4.72 Å². The van der Waals surface area contributed by atoms with Crippen LogP contribution in [0.5, 0.6) is 0 Å². The molecule has 1 aromatic carbocycles. The van der Waals surface area contributed by atoms with Crippen molar-refractivity contribution >= 4 is 27.6 Å². The second kappa shape index (κ2) is 5.26. The molecule has 0 spiro atoms. The van der Waals surface area contributed by atoms with E-state index in [9.17, 15) is 18.3 Å². The molecule has 100 valence electrons. The van der Waals surface area contributed by atoms with E-state index in [1.807, 2.05) is 0 Å². The topological polar surface area (TPSA) is 83.5 Å². The zero-order valence-corrected chi connectivity index (χ0v) is 11.5. The molecule has 0 fully saturated rings. The van der Waals surface area contributed by atoms with Gasteiger partial charge in [0.05, 0.1) is 11.6 Å². The summed E-state index contributed by atoms with van der Waals surface area (Å²) in [7, 11) is -3.74. The molecular weight excluding hydrogens is 278 g/mol. The minimum atomic E-state index is -3.74. The smallest absolute Gasteiger partial charge is 0.331 e. The zero-order chi connectivity index (χ0) is 14.0. The molecule has 2 unspecified atom stereocenters. The molecule has 0 heterocycles. The molecule has 0 bridgehead atoms. The van der Waals surface area contributed by atoms with Gasteiger partial charge in [0.1, 0.15) is 0 Å². The molecule has 0 radical (unpaired) electrons. The third-order valence-corrected chi connectivity index (χ3v) is 3.53. The highest BCUT2D eigenvalue weighted by molar-refractivity contribution is 7.88. The maximum atomic E-state index is 11.5. The fourth-order valence-corrected chi connectivity index (χ4v) is 3.01. The Labute approximate surface area is 111 Å². The molecule has 1 rings (SSSR count). The number of rotatable bonds is 5. The van der Waals surface area contributed by atoms with Crippen LogP contribution in [0.2, 0.25) is 0 Å². The molecule has 0 aliphatic carbocycles. The van der Waals surface area contributed by atoms with E-state index in [1.165, 1.54) is 19.1 Å². The van der Waals surface area contributed by atoms with E-state index in [1.54, 1.807) is 18.2 Å². The summed E-state index contributed by atoms with van der Waals surface area (Å²) < 4.78 is 24.9. The average molecular weight is 292 g/mol. The van der Waals surface area contributed by atoms with Crippen LogP contribution in [0.4, 0.5) is 0 Å². The number of carboxylic acids is 1. The molecule has 7 heteroatoms. The Morgan fingerprint density at radius 3 is 2.22 bits per heavy atom. The van der Waals surface area contributed by atoms with Crippen LogP contribution in [0.1, 0.15) is 12.5 Å². The lowest BCUT2D eigenvalue weighted by Crippen LogP contribution is -2.56. The van der Waals surface area contributed by atoms with Gasteiger partial charge in [0.25, 0.3) is 0 Å². The molecule has 0 aliphatic rings. The van der Waals surface area contributed by atoms with Gasteiger partial charge in [-0.3, -0.25) is 0 Å². The summed E-state index contributed by atoms with van der Waals surface area (Å²) >= 11 is 5.93. The number of aliphatic carboxylic acids is 1. The average Bonchev–Trinajstić information content (AvgIpc) is 2.25. The van der Waals surface area contributed by atoms with Crippen LogP contribution in [0.3, 0.4) is 0 Å². The van der Waals surface area contributed by atoms with Gasteiger partial charge in [0.2, 0.25) is 10.0 Å². The van der Waals surface area contributed by atoms with Crippen LogP contribution in [0, 0.1) is 0 Å². The number of carbonyl (C=O) groups is 1. The summed E-state index contributed by atoms with van der Waals surface area (Å²) in [6, 6.07) is 7.98. The first-order valence-electron chi connectivity index (χ1n) is 5.12. The maximum absolute atomic E-state index is 11.5. The lowest BCUT2D eigenvalue weighted by atomic mass is 9.88. The number of hydrogen-bond donors (Lipinski definition) is 2. The van der Waals surface area contributed by atoms with Crippen molar-refractivity contribution in [3.63, 3.8) is 0 Å². The van der Waals surface area contributed by atoms with Gasteiger partial charge in [-0.05, 0) is 12.5 Å². The van der Waals surface area contributed by atoms with Gasteiger partial charge in [-0.2, -0.15) is 4.72 Å². The third kappa shape index (κ3) is 3.01. The number of halogens is 1. The molecule has 0 aromatic heterocycles. The van der Waals surface area contributed by atoms with Gasteiger partial charge in [0, 0.05) is 0 Å². The maximum Gasteiger partial charge on any atom is 0.331 e. The van der Waals surface area contributed by atoms with Crippen LogP contribution in [0.15, 0.2) is 30.3 Å². The van der Waals surface area contributed by atoms with E-state index in [2.05, 4.69) is 4.72 Å². The summed E-state index contributed by atoms with van der Waals surface area (Å²) in [4.78, 5) is 11.5. The Morgan fingerprint density at radius 2 is 1.89 bits per heavy atom. The second-order valence-corrected chi connectivity index (χ2v) is 6.37. The fraction of sp³-hybridized carbons (Fsp3) is 0.364. The monoisotopic (exact) mass is 291 g/mol. The minimum absolute atomic E-state index is 0.283. The highest BCUT2D eigenvalue weighted by Gasteiger charge is 2.47. The Bertz CT molecular complexity index is 529. The van der Waals surface area contributed by atoms with Crippen molar-refractivity contribution in [2.45, 2.75) is 17.8 Å². The van der Waals surface area contributed by atoms with E-state index < -0.39 is 26.9 Å². The molecule has 0 aliphatic heterocycles. The number of hydrogen-bond acceptors (Lipinski definition) is 3. The lowest BCUT2D eigenvalue weighted by molar-refractivity contribution is -0.144. The highest BCUT2D eigenvalue weighted by atomic mass is 35.5. The molecule has 0 saturated carbocycles. The molecule has 5 nitrogen and oxygen atoms in total. The molecule has 2 atom stereocenters. The summed E-state index contributed by atoms with van der Waals surface area (Å²) in [5.41, 5.74) is -1.60. The quantitative estimate of drug-likeness (QED) is 0.797. The van der Waals surface area contributed by atoms with Gasteiger partial charge >= 0.3 is 5.97 Å². The fourth-order valence-electron chi connectivity index (χ4n) is 1.70. The van der Waals surface area contributed by atoms with Crippen LogP contribution in [-0.2, 0) is 20.4 Å². The van der Waals surface area contributed by atoms with Gasteiger partial charge in [-0.25, -0.2) is 13.2 Å². The normalized spacial score (nSPS) is 16.8. The molecular formula is C11H14ClNO4S. The lowest BCUT2D eigenvalue weighted by Gasteiger charge is -2.32. The summed E-state index contributed by atoms with van der Waals surface area (Å²) in [6.45, 7) is 1.43. The highest BCUT2D eigenvalue weighted by Crippen LogP contribution is 2.30. The third-order valence-electron chi connectivity index (χ3n) is 2.51. The van der Waals surface area contributed by atoms with Crippen molar-refractivity contribution in [3.8, 4) is 0 Å². The van der Waals surface area contributed by atoms with E-state index in [4.69, 9.17) is 11.6 Å². The first-order chi connectivity index (χ1) is 8.20. The Kier molecular flexibility index (Phi) is 4.37. The molecule has 0 amide bonds. The van der Waals surface area contributed by atoms with Crippen LogP contribution in [0.25, 0.3) is 0 Å². The SMILES string of the molecule is CC(Cl)C(NS(C)(=O)=O)(C(=O)O)c1ccccc1. The molecule has 2 N–H and O–H groups in total. The van der Waals surface area contributed by atoms with Crippen LogP contribution >= 0.6 is 11.6 Å². The number of sulfonamides is 1. The molecule has 0 saturated heterocycles.